The third-order valence-corrected chi connectivity index (χ3v) is 5.88. The molecule has 0 aliphatic carbocycles. The summed E-state index contributed by atoms with van der Waals surface area (Å²) in [7, 11) is 3.80. The van der Waals surface area contributed by atoms with Gasteiger partial charge in [0, 0.05) is 16.6 Å². The monoisotopic (exact) mass is 414 g/mol. The van der Waals surface area contributed by atoms with Crippen molar-refractivity contribution >= 4 is 33.1 Å². The zero-order valence-corrected chi connectivity index (χ0v) is 17.6. The van der Waals surface area contributed by atoms with Gasteiger partial charge in [0.25, 0.3) is 5.56 Å². The molecule has 1 amide bonds. The number of benzene rings is 1. The third-order valence-electron chi connectivity index (χ3n) is 4.78. The molecule has 3 heterocycles. The fourth-order valence-corrected chi connectivity index (χ4v) is 4.29. The first kappa shape index (κ1) is 19.4. The smallest absolute Gasteiger partial charge is 0.263 e. The maximum atomic E-state index is 13.2. The molecule has 0 bridgehead atoms. The lowest BCUT2D eigenvalue weighted by molar-refractivity contribution is -0.116. The number of carbonyl (C=O) groups is 1. The lowest BCUT2D eigenvalue weighted by Gasteiger charge is -2.16. The number of nitrogens with one attached hydrogen (secondary N) is 1. The zero-order chi connectivity index (χ0) is 20.7. The summed E-state index contributed by atoms with van der Waals surface area (Å²) >= 11 is 1.51. The quantitative estimate of drug-likeness (QED) is 0.691. The summed E-state index contributed by atoms with van der Waals surface area (Å²) in [5, 5.41) is 3.41. The highest BCUT2D eigenvalue weighted by Crippen LogP contribution is 2.34. The van der Waals surface area contributed by atoms with Crippen molar-refractivity contribution in [2.75, 3.05) is 26.2 Å². The summed E-state index contributed by atoms with van der Waals surface area (Å²) in [6, 6.07) is 5.19. The van der Waals surface area contributed by atoms with Gasteiger partial charge >= 0.3 is 0 Å². The van der Waals surface area contributed by atoms with Gasteiger partial charge in [0.15, 0.2) is 11.5 Å². The summed E-state index contributed by atoms with van der Waals surface area (Å²) < 4.78 is 12.1. The average molecular weight is 414 g/mol. The number of rotatable bonds is 5. The second-order valence-corrected chi connectivity index (χ2v) is 8.44. The lowest BCUT2D eigenvalue weighted by atomic mass is 10.2. The van der Waals surface area contributed by atoms with Gasteiger partial charge in [-0.1, -0.05) is 0 Å². The molecule has 8 nitrogen and oxygen atoms in total. The van der Waals surface area contributed by atoms with Gasteiger partial charge in [-0.2, -0.15) is 0 Å². The Morgan fingerprint density at radius 3 is 2.79 bits per heavy atom. The number of aromatic nitrogens is 2. The van der Waals surface area contributed by atoms with Gasteiger partial charge in [-0.15, -0.1) is 11.3 Å². The molecule has 0 saturated carbocycles. The largest absolute Gasteiger partial charge is 0.454 e. The SMILES string of the molecule is Cc1sc2nc(CN(C)C)n(CC(=O)Nc3ccc4c(c3)OCO4)c(=O)c2c1C. The topological polar surface area (TPSA) is 85.7 Å². The van der Waals surface area contributed by atoms with E-state index in [1.165, 1.54) is 15.9 Å². The van der Waals surface area contributed by atoms with Crippen LogP contribution in [0.3, 0.4) is 0 Å². The van der Waals surface area contributed by atoms with E-state index >= 15 is 0 Å². The fraction of sp³-hybridized carbons (Fsp3) is 0.350. The molecule has 0 radical (unpaired) electrons. The van der Waals surface area contributed by atoms with Crippen molar-refractivity contribution in [2.45, 2.75) is 26.9 Å². The highest BCUT2D eigenvalue weighted by Gasteiger charge is 2.19. The molecule has 0 atom stereocenters. The van der Waals surface area contributed by atoms with Crippen LogP contribution in [0.2, 0.25) is 0 Å². The standard InChI is InChI=1S/C20H22N4O4S/c1-11-12(2)29-19-18(11)20(26)24(16(22-19)8-23(3)4)9-17(25)21-13-5-6-14-15(7-13)28-10-27-14/h5-7H,8-10H2,1-4H3,(H,21,25). The Morgan fingerprint density at radius 2 is 2.03 bits per heavy atom. The minimum absolute atomic E-state index is 0.117. The van der Waals surface area contributed by atoms with Crippen LogP contribution in [0.25, 0.3) is 10.2 Å². The predicted molar refractivity (Wildman–Crippen MR) is 112 cm³/mol. The van der Waals surface area contributed by atoms with E-state index in [-0.39, 0.29) is 24.8 Å². The average Bonchev–Trinajstić information content (AvgIpc) is 3.22. The van der Waals surface area contributed by atoms with E-state index in [0.29, 0.717) is 39.8 Å². The van der Waals surface area contributed by atoms with Gasteiger partial charge in [-0.05, 0) is 45.6 Å². The highest BCUT2D eigenvalue weighted by molar-refractivity contribution is 7.18. The first-order chi connectivity index (χ1) is 13.8. The first-order valence-electron chi connectivity index (χ1n) is 9.17. The first-order valence-corrected chi connectivity index (χ1v) is 9.99. The molecule has 0 fully saturated rings. The molecule has 2 aromatic heterocycles. The third kappa shape index (κ3) is 3.70. The van der Waals surface area contributed by atoms with Crippen LogP contribution in [0, 0.1) is 13.8 Å². The summed E-state index contributed by atoms with van der Waals surface area (Å²) in [4.78, 5) is 34.3. The van der Waals surface area contributed by atoms with E-state index in [1.54, 1.807) is 18.2 Å². The van der Waals surface area contributed by atoms with Gasteiger partial charge in [0.05, 0.1) is 11.9 Å². The van der Waals surface area contributed by atoms with Crippen molar-refractivity contribution in [1.82, 2.24) is 14.5 Å². The fourth-order valence-electron chi connectivity index (χ4n) is 3.25. The van der Waals surface area contributed by atoms with E-state index in [1.807, 2.05) is 32.8 Å². The normalized spacial score (nSPS) is 12.7. The molecule has 0 saturated heterocycles. The van der Waals surface area contributed by atoms with Gasteiger partial charge in [0.2, 0.25) is 12.7 Å². The second-order valence-electron chi connectivity index (χ2n) is 7.24. The van der Waals surface area contributed by atoms with Crippen LogP contribution in [-0.2, 0) is 17.9 Å². The van der Waals surface area contributed by atoms with Crippen molar-refractivity contribution in [2.24, 2.45) is 0 Å². The summed E-state index contributed by atoms with van der Waals surface area (Å²) in [6.07, 6.45) is 0. The number of anilines is 1. The van der Waals surface area contributed by atoms with E-state index in [9.17, 15) is 9.59 Å². The molecular formula is C20H22N4O4S. The van der Waals surface area contributed by atoms with Crippen molar-refractivity contribution in [3.8, 4) is 11.5 Å². The van der Waals surface area contributed by atoms with Gasteiger partial charge in [-0.3, -0.25) is 14.2 Å². The Balaban J connectivity index is 1.66. The molecule has 3 aromatic rings. The number of ether oxygens (including phenoxy) is 2. The number of fused-ring (bicyclic) bond motifs is 2. The van der Waals surface area contributed by atoms with Crippen LogP contribution >= 0.6 is 11.3 Å². The van der Waals surface area contributed by atoms with Crippen LogP contribution in [0.5, 0.6) is 11.5 Å². The van der Waals surface area contributed by atoms with E-state index in [4.69, 9.17) is 9.47 Å². The molecule has 4 rings (SSSR count). The molecule has 0 spiro atoms. The second kappa shape index (κ2) is 7.49. The lowest BCUT2D eigenvalue weighted by Crippen LogP contribution is -2.32. The predicted octanol–water partition coefficient (Wildman–Crippen LogP) is 2.50. The minimum Gasteiger partial charge on any atom is -0.454 e. The van der Waals surface area contributed by atoms with Crippen molar-refractivity contribution in [1.29, 1.82) is 0 Å². The Kier molecular flexibility index (Phi) is 5.01. The number of carbonyl (C=O) groups excluding carboxylic acids is 1. The van der Waals surface area contributed by atoms with Crippen LogP contribution in [0.15, 0.2) is 23.0 Å². The zero-order valence-electron chi connectivity index (χ0n) is 16.7. The van der Waals surface area contributed by atoms with Gasteiger partial charge in [0.1, 0.15) is 17.2 Å². The molecule has 1 N–H and O–H groups in total. The molecule has 9 heteroatoms. The Morgan fingerprint density at radius 1 is 1.28 bits per heavy atom. The molecule has 152 valence electrons. The molecule has 1 aliphatic heterocycles. The highest BCUT2D eigenvalue weighted by atomic mass is 32.1. The molecule has 29 heavy (non-hydrogen) atoms. The molecule has 0 unspecified atom stereocenters. The van der Waals surface area contributed by atoms with E-state index in [2.05, 4.69) is 10.3 Å². The summed E-state index contributed by atoms with van der Waals surface area (Å²) in [5.74, 6) is 1.48. The maximum absolute atomic E-state index is 13.2. The summed E-state index contributed by atoms with van der Waals surface area (Å²) in [6.45, 7) is 4.40. The van der Waals surface area contributed by atoms with E-state index < -0.39 is 0 Å². The Bertz CT molecular complexity index is 1170. The number of nitrogens with zero attached hydrogens (tertiary/aromatic N) is 3. The number of thiophene rings is 1. The number of aryl methyl sites for hydroxylation is 2. The number of amides is 1. The molecule has 1 aliphatic rings. The number of hydrogen-bond donors (Lipinski definition) is 1. The van der Waals surface area contributed by atoms with Crippen molar-refractivity contribution in [3.63, 3.8) is 0 Å². The van der Waals surface area contributed by atoms with Crippen molar-refractivity contribution in [3.05, 3.63) is 44.8 Å². The summed E-state index contributed by atoms with van der Waals surface area (Å²) in [5.41, 5.74) is 1.32. The minimum atomic E-state index is -0.309. The van der Waals surface area contributed by atoms with Crippen LogP contribution in [0.4, 0.5) is 5.69 Å². The van der Waals surface area contributed by atoms with Crippen LogP contribution < -0.4 is 20.3 Å². The van der Waals surface area contributed by atoms with E-state index in [0.717, 1.165) is 10.4 Å². The van der Waals surface area contributed by atoms with Crippen molar-refractivity contribution < 1.29 is 14.3 Å². The number of hydrogen-bond acceptors (Lipinski definition) is 7. The van der Waals surface area contributed by atoms with Gasteiger partial charge in [-0.25, -0.2) is 4.98 Å². The maximum Gasteiger partial charge on any atom is 0.263 e. The Labute approximate surface area is 171 Å². The Hall–Kier alpha value is -2.91. The van der Waals surface area contributed by atoms with Gasteiger partial charge < -0.3 is 19.7 Å². The van der Waals surface area contributed by atoms with Crippen LogP contribution in [-0.4, -0.2) is 41.2 Å². The molecular weight excluding hydrogens is 392 g/mol. The van der Waals surface area contributed by atoms with Crippen LogP contribution in [0.1, 0.15) is 16.3 Å². The molecule has 1 aromatic carbocycles.